The van der Waals surface area contributed by atoms with Crippen molar-refractivity contribution in [3.05, 3.63) is 101 Å². The molecule has 4 aromatic heterocycles. The van der Waals surface area contributed by atoms with Gasteiger partial charge in [0, 0.05) is 67.4 Å². The van der Waals surface area contributed by atoms with Crippen LogP contribution < -0.4 is 10.2 Å². The number of imidazole rings is 2. The average molecular weight is 933 g/mol. The fourth-order valence-corrected chi connectivity index (χ4v) is 11.2. The number of hydrogen-bond donors (Lipinski definition) is 1. The van der Waals surface area contributed by atoms with Crippen LogP contribution in [0, 0.1) is 27.7 Å². The lowest BCUT2D eigenvalue weighted by Gasteiger charge is -2.37. The van der Waals surface area contributed by atoms with Gasteiger partial charge in [-0.15, -0.1) is 0 Å². The smallest absolute Gasteiger partial charge is 0.248 e. The molecule has 11 rings (SSSR count). The van der Waals surface area contributed by atoms with Crippen molar-refractivity contribution in [2.75, 3.05) is 4.90 Å². The molecular weight excluding hydrogens is 877 g/mol. The molecule has 2 saturated heterocycles. The SMILES string of the molecule is Cc1noc(C)c1-c1ccc2c(c1)nc([C@@H]1CCCC(=O)N1)n2C1CCC(F)(F)CC1.Cc1noc(C)c1-c1ccc2c(c1)nc([C@@H]1CCCC(=O)N1c1ccccc1)n2C1CCC(F)(F)CC1. The van der Waals surface area contributed by atoms with E-state index in [4.69, 9.17) is 19.0 Å². The molecule has 2 amide bonds. The van der Waals surface area contributed by atoms with Crippen LogP contribution >= 0.6 is 0 Å². The monoisotopic (exact) mass is 932 g/mol. The van der Waals surface area contributed by atoms with E-state index in [1.165, 1.54) is 0 Å². The number of benzene rings is 3. The van der Waals surface area contributed by atoms with E-state index >= 15 is 0 Å². The molecule has 0 spiro atoms. The van der Waals surface area contributed by atoms with Gasteiger partial charge < -0.3 is 28.4 Å². The summed E-state index contributed by atoms with van der Waals surface area (Å²) in [6.45, 7) is 7.58. The van der Waals surface area contributed by atoms with Gasteiger partial charge in [-0.3, -0.25) is 9.59 Å². The fraction of sp³-hybridized carbons (Fsp3) is 0.462. The number of aryl methyl sites for hydroxylation is 4. The molecule has 4 fully saturated rings. The molecule has 2 saturated carbocycles. The zero-order valence-corrected chi connectivity index (χ0v) is 38.8. The first-order chi connectivity index (χ1) is 32.6. The minimum absolute atomic E-state index is 0.0152. The highest BCUT2D eigenvalue weighted by Gasteiger charge is 2.41. The number of rotatable bonds is 7. The van der Waals surface area contributed by atoms with Gasteiger partial charge in [-0.2, -0.15) is 0 Å². The summed E-state index contributed by atoms with van der Waals surface area (Å²) in [7, 11) is 0. The normalized spacial score (nSPS) is 21.3. The van der Waals surface area contributed by atoms with Gasteiger partial charge in [-0.05, 0) is 127 Å². The summed E-state index contributed by atoms with van der Waals surface area (Å²) < 4.78 is 70.9. The Morgan fingerprint density at radius 1 is 0.618 bits per heavy atom. The molecule has 0 unspecified atom stereocenters. The molecule has 2 atom stereocenters. The second-order valence-corrected chi connectivity index (χ2v) is 19.2. The molecule has 4 aliphatic rings. The first-order valence-electron chi connectivity index (χ1n) is 24.0. The van der Waals surface area contributed by atoms with E-state index < -0.39 is 11.8 Å². The van der Waals surface area contributed by atoms with E-state index in [9.17, 15) is 27.2 Å². The third-order valence-corrected chi connectivity index (χ3v) is 14.5. The van der Waals surface area contributed by atoms with Crippen LogP contribution in [0.25, 0.3) is 44.3 Å². The Hall–Kier alpha value is -6.32. The predicted octanol–water partition coefficient (Wildman–Crippen LogP) is 12.7. The molecule has 12 nitrogen and oxygen atoms in total. The highest BCUT2D eigenvalue weighted by Crippen LogP contribution is 2.46. The van der Waals surface area contributed by atoms with Crippen molar-refractivity contribution in [2.45, 2.75) is 154 Å². The van der Waals surface area contributed by atoms with Crippen molar-refractivity contribution >= 4 is 39.6 Å². The van der Waals surface area contributed by atoms with E-state index in [-0.39, 0.29) is 61.7 Å². The zero-order chi connectivity index (χ0) is 47.5. The zero-order valence-electron chi connectivity index (χ0n) is 38.8. The van der Waals surface area contributed by atoms with E-state index in [1.54, 1.807) is 0 Å². The third kappa shape index (κ3) is 8.70. The molecule has 3 aromatic carbocycles. The Balaban J connectivity index is 0.000000161. The lowest BCUT2D eigenvalue weighted by atomic mass is 9.91. The molecule has 68 heavy (non-hydrogen) atoms. The van der Waals surface area contributed by atoms with Crippen LogP contribution in [0.4, 0.5) is 23.2 Å². The van der Waals surface area contributed by atoms with Crippen molar-refractivity contribution in [3.8, 4) is 22.3 Å². The molecule has 0 radical (unpaired) electrons. The summed E-state index contributed by atoms with van der Waals surface area (Å²) in [5.74, 6) is -2.12. The van der Waals surface area contributed by atoms with Crippen molar-refractivity contribution in [1.29, 1.82) is 0 Å². The lowest BCUT2D eigenvalue weighted by Crippen LogP contribution is -2.40. The molecule has 1 N–H and O–H groups in total. The standard InChI is InChI=1S/C29H30F2N4O2.C23H26F2N4O2/c1-18-27(19(2)37-33-18)20-11-12-24-23(17-20)32-28(35(24)22-13-15-29(30,31)16-14-22)25-9-6-10-26(36)34(25)21-7-4-3-5-8-21;1-13-21(14(2)31-28-13)15-6-7-19-18(12-15)27-22(17-4-3-5-20(30)26-17)29(19)16-8-10-23(24,25)11-9-16/h3-5,7-8,11-12,17,22,25H,6,9-10,13-16H2,1-2H3;6-7,12,16-17H,3-5,8-11H2,1-2H3,(H,26,30)/t25-;17-/m00/s1. The summed E-state index contributed by atoms with van der Waals surface area (Å²) in [6, 6.07) is 21.2. The van der Waals surface area contributed by atoms with E-state index in [2.05, 4.69) is 24.8 Å². The van der Waals surface area contributed by atoms with Gasteiger partial charge in [-0.1, -0.05) is 40.6 Å². The van der Waals surface area contributed by atoms with Gasteiger partial charge >= 0.3 is 0 Å². The number of carbonyl (C=O) groups excluding carboxylic acids is 2. The first kappa shape index (κ1) is 45.5. The molecule has 356 valence electrons. The maximum Gasteiger partial charge on any atom is 0.248 e. The summed E-state index contributed by atoms with van der Waals surface area (Å²) in [5, 5.41) is 11.2. The third-order valence-electron chi connectivity index (χ3n) is 14.5. The second-order valence-electron chi connectivity index (χ2n) is 19.2. The van der Waals surface area contributed by atoms with Gasteiger partial charge in [0.05, 0.1) is 45.5 Å². The number of amides is 2. The Morgan fingerprint density at radius 2 is 1.12 bits per heavy atom. The minimum atomic E-state index is -2.62. The quantitative estimate of drug-likeness (QED) is 0.156. The number of carbonyl (C=O) groups is 2. The molecule has 2 aliphatic carbocycles. The van der Waals surface area contributed by atoms with E-state index in [1.807, 2.05) is 99.3 Å². The van der Waals surface area contributed by atoms with Crippen LogP contribution in [0.5, 0.6) is 0 Å². The number of para-hydroxylation sites is 1. The molecule has 16 heteroatoms. The number of nitrogens with one attached hydrogen (secondary N) is 1. The van der Waals surface area contributed by atoms with Gasteiger partial charge in [0.25, 0.3) is 0 Å². The Labute approximate surface area is 391 Å². The minimum Gasteiger partial charge on any atom is -0.361 e. The fourth-order valence-electron chi connectivity index (χ4n) is 11.2. The number of halogens is 4. The van der Waals surface area contributed by atoms with Crippen LogP contribution in [-0.2, 0) is 9.59 Å². The van der Waals surface area contributed by atoms with Crippen LogP contribution in [0.3, 0.4) is 0 Å². The Morgan fingerprint density at radius 3 is 1.62 bits per heavy atom. The van der Waals surface area contributed by atoms with Crippen LogP contribution in [0.2, 0.25) is 0 Å². The van der Waals surface area contributed by atoms with Crippen molar-refractivity contribution < 1.29 is 36.2 Å². The predicted molar refractivity (Wildman–Crippen MR) is 250 cm³/mol. The van der Waals surface area contributed by atoms with E-state index in [0.717, 1.165) is 110 Å². The molecule has 0 bridgehead atoms. The second kappa shape index (κ2) is 18.0. The average Bonchev–Trinajstić information content (AvgIpc) is 4.08. The number of fused-ring (bicyclic) bond motifs is 2. The number of hydrogen-bond acceptors (Lipinski definition) is 8. The van der Waals surface area contributed by atoms with Crippen molar-refractivity contribution in [2.24, 2.45) is 0 Å². The van der Waals surface area contributed by atoms with E-state index in [0.29, 0.717) is 38.5 Å². The molecule has 6 heterocycles. The largest absolute Gasteiger partial charge is 0.361 e. The lowest BCUT2D eigenvalue weighted by molar-refractivity contribution is -0.123. The molecule has 2 aliphatic heterocycles. The number of piperidine rings is 2. The Kier molecular flexibility index (Phi) is 12.0. The molecule has 7 aromatic rings. The van der Waals surface area contributed by atoms with Gasteiger partial charge in [0.1, 0.15) is 23.2 Å². The van der Waals surface area contributed by atoms with Gasteiger partial charge in [0.2, 0.25) is 23.7 Å². The van der Waals surface area contributed by atoms with Gasteiger partial charge in [-0.25, -0.2) is 27.5 Å². The van der Waals surface area contributed by atoms with Crippen LogP contribution in [-0.4, -0.2) is 53.1 Å². The topological polar surface area (TPSA) is 137 Å². The summed E-state index contributed by atoms with van der Waals surface area (Å²) in [5.41, 5.74) is 9.66. The maximum absolute atomic E-state index is 14.1. The van der Waals surface area contributed by atoms with Gasteiger partial charge in [0.15, 0.2) is 0 Å². The highest BCUT2D eigenvalue weighted by molar-refractivity contribution is 5.95. The summed E-state index contributed by atoms with van der Waals surface area (Å²) in [6.07, 6.45) is 5.17. The van der Waals surface area contributed by atoms with Crippen LogP contribution in [0.1, 0.15) is 149 Å². The maximum atomic E-state index is 14.1. The number of anilines is 1. The first-order valence-corrected chi connectivity index (χ1v) is 24.0. The number of nitrogens with zero attached hydrogens (tertiary/aromatic N) is 7. The summed E-state index contributed by atoms with van der Waals surface area (Å²) in [4.78, 5) is 37.2. The van der Waals surface area contributed by atoms with Crippen molar-refractivity contribution in [1.82, 2.24) is 34.7 Å². The Bertz CT molecular complexity index is 2950. The molecular formula is C52H56F4N8O4. The number of alkyl halides is 4. The summed E-state index contributed by atoms with van der Waals surface area (Å²) >= 11 is 0. The number of aromatic nitrogens is 6. The highest BCUT2D eigenvalue weighted by atomic mass is 19.3. The van der Waals surface area contributed by atoms with Crippen LogP contribution in [0.15, 0.2) is 75.8 Å². The van der Waals surface area contributed by atoms with Crippen molar-refractivity contribution in [3.63, 3.8) is 0 Å².